The van der Waals surface area contributed by atoms with E-state index in [1.54, 1.807) is 41.5 Å². The molecule has 60 heavy (non-hydrogen) atoms. The normalized spacial score (nSPS) is 25.1. The van der Waals surface area contributed by atoms with Gasteiger partial charge in [0.1, 0.15) is 35.6 Å². The lowest BCUT2D eigenvalue weighted by Crippen LogP contribution is -2.69. The Bertz CT molecular complexity index is 2370. The Morgan fingerprint density at radius 3 is 2.22 bits per heavy atom. The summed E-state index contributed by atoms with van der Waals surface area (Å²) in [6.45, 7) is 0.125. The first-order valence-electron chi connectivity index (χ1n) is 20.2. The zero-order valence-corrected chi connectivity index (χ0v) is 32.7. The molecule has 3 aliphatic heterocycles. The van der Waals surface area contributed by atoms with Crippen molar-refractivity contribution in [2.24, 2.45) is 5.41 Å². The second-order valence-corrected chi connectivity index (χ2v) is 15.5. The van der Waals surface area contributed by atoms with E-state index >= 15 is 4.79 Å². The first kappa shape index (κ1) is 39.3. The van der Waals surface area contributed by atoms with Crippen LogP contribution in [0.3, 0.4) is 0 Å². The molecule has 0 aromatic heterocycles. The highest BCUT2D eigenvalue weighted by Crippen LogP contribution is 2.59. The maximum absolute atomic E-state index is 15.1. The van der Waals surface area contributed by atoms with Crippen molar-refractivity contribution < 1.29 is 43.6 Å². The molecule has 5 aromatic carbocycles. The number of nitrogens with one attached hydrogen (secondary N) is 2. The van der Waals surface area contributed by atoms with Gasteiger partial charge < -0.3 is 35.1 Å². The van der Waals surface area contributed by atoms with Crippen LogP contribution in [0.1, 0.15) is 50.2 Å². The first-order valence-corrected chi connectivity index (χ1v) is 20.2. The monoisotopic (exact) mass is 807 g/mol. The molecule has 0 unspecified atom stereocenters. The molecule has 3 saturated heterocycles. The Balaban J connectivity index is 1.07. The van der Waals surface area contributed by atoms with Gasteiger partial charge in [0.2, 0.25) is 11.7 Å². The maximum Gasteiger partial charge on any atom is 0.327 e. The summed E-state index contributed by atoms with van der Waals surface area (Å²) in [5, 5.41) is 26.8. The summed E-state index contributed by atoms with van der Waals surface area (Å²) in [7, 11) is 0. The number of allylic oxidation sites excluding steroid dienone is 1. The van der Waals surface area contributed by atoms with Crippen molar-refractivity contribution >= 4 is 23.9 Å². The van der Waals surface area contributed by atoms with E-state index in [0.29, 0.717) is 17.5 Å². The van der Waals surface area contributed by atoms with Crippen LogP contribution in [-0.4, -0.2) is 76.7 Å². The minimum atomic E-state index is -1.46. The molecular formula is C48H45N3O9. The third kappa shape index (κ3) is 7.06. The number of rotatable bonds is 13. The summed E-state index contributed by atoms with van der Waals surface area (Å²) in [6.07, 6.45) is 1.14. The van der Waals surface area contributed by atoms with Gasteiger partial charge in [-0.2, -0.15) is 5.06 Å². The Hall–Kier alpha value is -6.15. The van der Waals surface area contributed by atoms with E-state index in [1.165, 1.54) is 0 Å². The molecule has 4 aliphatic rings. The molecular weight excluding hydrogens is 763 g/mol. The number of phenols is 1. The molecule has 2 amide bonds. The van der Waals surface area contributed by atoms with Gasteiger partial charge in [-0.1, -0.05) is 127 Å². The molecule has 5 aromatic rings. The van der Waals surface area contributed by atoms with Gasteiger partial charge in [0.25, 0.3) is 5.91 Å². The first-order chi connectivity index (χ1) is 29.3. The van der Waals surface area contributed by atoms with Crippen molar-refractivity contribution in [2.45, 2.75) is 62.2 Å². The number of benzene rings is 5. The average Bonchev–Trinajstić information content (AvgIpc) is 3.86. The highest BCUT2D eigenvalue weighted by Gasteiger charge is 2.76. The molecule has 4 fully saturated rings. The molecule has 306 valence electrons. The highest BCUT2D eigenvalue weighted by molar-refractivity contribution is 5.95. The van der Waals surface area contributed by atoms with E-state index < -0.39 is 53.5 Å². The van der Waals surface area contributed by atoms with Crippen molar-refractivity contribution in [3.8, 4) is 5.75 Å². The fraction of sp³-hybridized carbons (Fsp3) is 0.271. The van der Waals surface area contributed by atoms with E-state index in [9.17, 15) is 19.8 Å². The number of hydrogen-bond donors (Lipinski definition) is 4. The van der Waals surface area contributed by atoms with Gasteiger partial charge in [0, 0.05) is 36.2 Å². The number of esters is 1. The molecule has 6 atom stereocenters. The molecule has 1 saturated carbocycles. The van der Waals surface area contributed by atoms with Crippen LogP contribution in [0.2, 0.25) is 0 Å². The highest BCUT2D eigenvalue weighted by atomic mass is 16.8. The fourth-order valence-electron chi connectivity index (χ4n) is 9.13. The SMILES string of the molecule is O=C(NCCO)c1cccc(CNC(=O)[C@@]23C[C@H]4OC(=O)[C@@H]2N(Cc2ccccc2C=CCc2ccccc2O)O[C@@H]3[C@H]2OC(c3ccccc3)(c3ccccc3)O[C@H]24)c1. The number of hydrogen-bond acceptors (Lipinski definition) is 10. The van der Waals surface area contributed by atoms with E-state index in [1.807, 2.05) is 109 Å². The van der Waals surface area contributed by atoms with Gasteiger partial charge in [0.15, 0.2) is 6.04 Å². The molecule has 1 aliphatic carbocycles. The van der Waals surface area contributed by atoms with Crippen LogP contribution in [0.15, 0.2) is 140 Å². The molecule has 2 bridgehead atoms. The van der Waals surface area contributed by atoms with Crippen LogP contribution in [0.25, 0.3) is 6.08 Å². The summed E-state index contributed by atoms with van der Waals surface area (Å²) < 4.78 is 20.4. The van der Waals surface area contributed by atoms with Gasteiger partial charge in [0.05, 0.1) is 13.2 Å². The molecule has 12 nitrogen and oxygen atoms in total. The van der Waals surface area contributed by atoms with Gasteiger partial charge >= 0.3 is 5.97 Å². The van der Waals surface area contributed by atoms with Gasteiger partial charge in [-0.25, -0.2) is 0 Å². The molecule has 12 heteroatoms. The number of ether oxygens (including phenoxy) is 3. The number of para-hydroxylation sites is 1. The number of carbonyl (C=O) groups excluding carboxylic acids is 3. The minimum Gasteiger partial charge on any atom is -0.508 e. The number of carbonyl (C=O) groups is 3. The van der Waals surface area contributed by atoms with Crippen LogP contribution in [0.4, 0.5) is 0 Å². The number of fused-ring (bicyclic) bond motifs is 4. The Kier molecular flexibility index (Phi) is 10.8. The number of aromatic hydroxyl groups is 1. The standard InChI is InChI=1S/C48H45N3O9/c52-26-25-49-44(54)34-19-11-13-31(27-34)29-50-46(56)47-28-39-40-41(59-48(58-40,36-20-3-1-4-21-36)37-22-5-2-6-23-37)43(47)60-51(42(47)45(55)57-39)30-35-16-8-7-14-32(35)17-12-18-33-15-9-10-24-38(33)53/h1-17,19-24,27,39-43,52-53H,18,25-26,28-30H2,(H,49,54)(H,50,56)/t39-,40+,41+,42+,43-,47+/m1/s1. The van der Waals surface area contributed by atoms with Crippen molar-refractivity contribution in [1.82, 2.24) is 15.7 Å². The third-order valence-electron chi connectivity index (χ3n) is 11.9. The maximum atomic E-state index is 15.1. The van der Waals surface area contributed by atoms with Crippen molar-refractivity contribution in [2.75, 3.05) is 13.2 Å². The number of aliphatic hydroxyl groups is 1. The molecule has 0 radical (unpaired) electrons. The van der Waals surface area contributed by atoms with Crippen LogP contribution in [0.5, 0.6) is 5.75 Å². The Labute approximate surface area is 347 Å². The zero-order valence-electron chi connectivity index (χ0n) is 32.7. The van der Waals surface area contributed by atoms with Gasteiger partial charge in [-0.05, 0) is 46.9 Å². The number of nitrogens with zero attached hydrogens (tertiary/aromatic N) is 1. The molecule has 4 N–H and O–H groups in total. The summed E-state index contributed by atoms with van der Waals surface area (Å²) in [6, 6.07) is 39.9. The van der Waals surface area contributed by atoms with Gasteiger partial charge in [-0.3, -0.25) is 19.2 Å². The smallest absolute Gasteiger partial charge is 0.327 e. The Morgan fingerprint density at radius 1 is 0.800 bits per heavy atom. The van der Waals surface area contributed by atoms with Crippen molar-refractivity contribution in [3.63, 3.8) is 0 Å². The Morgan fingerprint density at radius 2 is 1.48 bits per heavy atom. The number of hydroxylamine groups is 2. The predicted octanol–water partition coefficient (Wildman–Crippen LogP) is 5.17. The van der Waals surface area contributed by atoms with Crippen LogP contribution < -0.4 is 10.6 Å². The predicted molar refractivity (Wildman–Crippen MR) is 220 cm³/mol. The summed E-state index contributed by atoms with van der Waals surface area (Å²) in [5.41, 5.74) is 3.58. The zero-order chi connectivity index (χ0) is 41.3. The largest absolute Gasteiger partial charge is 0.508 e. The van der Waals surface area contributed by atoms with E-state index in [2.05, 4.69) is 10.6 Å². The topological polar surface area (TPSA) is 156 Å². The van der Waals surface area contributed by atoms with E-state index in [0.717, 1.165) is 27.8 Å². The van der Waals surface area contributed by atoms with Crippen molar-refractivity contribution in [3.05, 3.63) is 178 Å². The summed E-state index contributed by atoms with van der Waals surface area (Å²) >= 11 is 0. The summed E-state index contributed by atoms with van der Waals surface area (Å²) in [4.78, 5) is 49.1. The average molecular weight is 808 g/mol. The molecule has 3 heterocycles. The van der Waals surface area contributed by atoms with Crippen LogP contribution >= 0.6 is 0 Å². The van der Waals surface area contributed by atoms with E-state index in [4.69, 9.17) is 19.0 Å². The lowest BCUT2D eigenvalue weighted by molar-refractivity contribution is -0.213. The number of phenolic OH excluding ortho intramolecular Hbond substituents is 1. The van der Waals surface area contributed by atoms with Gasteiger partial charge in [-0.15, -0.1) is 0 Å². The second kappa shape index (κ2) is 16.5. The molecule has 9 rings (SSSR count). The van der Waals surface area contributed by atoms with Crippen molar-refractivity contribution in [1.29, 1.82) is 0 Å². The van der Waals surface area contributed by atoms with Crippen LogP contribution in [-0.2, 0) is 53.9 Å². The number of amides is 2. The summed E-state index contributed by atoms with van der Waals surface area (Å²) in [5.74, 6) is -2.53. The quantitative estimate of drug-likeness (QED) is 0.117. The number of aliphatic hydroxyl groups excluding tert-OH is 1. The second-order valence-electron chi connectivity index (χ2n) is 15.5. The fourth-order valence-corrected chi connectivity index (χ4v) is 9.13. The lowest BCUT2D eigenvalue weighted by Gasteiger charge is -2.48. The van der Waals surface area contributed by atoms with E-state index in [-0.39, 0.29) is 44.3 Å². The lowest BCUT2D eigenvalue weighted by atomic mass is 9.62. The minimum absolute atomic E-state index is 0.0644. The molecule has 0 spiro atoms. The van der Waals surface area contributed by atoms with Crippen LogP contribution in [0, 0.1) is 5.41 Å². The third-order valence-corrected chi connectivity index (χ3v) is 11.9.